The van der Waals surface area contributed by atoms with Gasteiger partial charge in [-0.2, -0.15) is 5.26 Å². The van der Waals surface area contributed by atoms with Gasteiger partial charge in [0.25, 0.3) is 0 Å². The number of hydrogen-bond donors (Lipinski definition) is 1. The summed E-state index contributed by atoms with van der Waals surface area (Å²) in [5.74, 6) is -0.573. The van der Waals surface area contributed by atoms with Gasteiger partial charge in [-0.05, 0) is 26.8 Å². The molecule has 0 heterocycles. The third kappa shape index (κ3) is 5.17. The van der Waals surface area contributed by atoms with Gasteiger partial charge in [-0.25, -0.2) is 0 Å². The third-order valence-electron chi connectivity index (χ3n) is 3.42. The van der Waals surface area contributed by atoms with Crippen molar-refractivity contribution in [3.05, 3.63) is 0 Å². The average Bonchev–Trinajstić information content (AvgIpc) is 2.39. The Morgan fingerprint density at radius 2 is 1.95 bits per heavy atom. The van der Waals surface area contributed by atoms with Crippen molar-refractivity contribution >= 4 is 11.9 Å². The molecule has 1 N–H and O–H groups in total. The van der Waals surface area contributed by atoms with Gasteiger partial charge in [-0.15, -0.1) is 0 Å². The number of nitriles is 1. The zero-order chi connectivity index (χ0) is 15.0. The van der Waals surface area contributed by atoms with E-state index < -0.39 is 5.54 Å². The monoisotopic (exact) mass is 281 g/mol. The minimum atomic E-state index is -0.722. The molecule has 1 amide bonds. The molecule has 0 spiro atoms. The van der Waals surface area contributed by atoms with Crippen molar-refractivity contribution in [2.24, 2.45) is 0 Å². The van der Waals surface area contributed by atoms with Crippen molar-refractivity contribution in [3.63, 3.8) is 0 Å². The van der Waals surface area contributed by atoms with Crippen LogP contribution in [0.25, 0.3) is 0 Å². The van der Waals surface area contributed by atoms with Crippen LogP contribution in [0.1, 0.15) is 39.0 Å². The summed E-state index contributed by atoms with van der Waals surface area (Å²) in [6, 6.07) is 2.24. The number of nitrogens with zero attached hydrogens (tertiary/aromatic N) is 2. The summed E-state index contributed by atoms with van der Waals surface area (Å²) >= 11 is 0. The summed E-state index contributed by atoms with van der Waals surface area (Å²) < 4.78 is 4.82. The molecule has 112 valence electrons. The topological polar surface area (TPSA) is 82.4 Å². The van der Waals surface area contributed by atoms with Gasteiger partial charge < -0.3 is 10.1 Å². The zero-order valence-corrected chi connectivity index (χ0v) is 12.3. The molecule has 0 aromatic heterocycles. The fourth-order valence-corrected chi connectivity index (χ4v) is 2.45. The first-order valence-corrected chi connectivity index (χ1v) is 7.08. The Morgan fingerprint density at radius 1 is 1.30 bits per heavy atom. The summed E-state index contributed by atoms with van der Waals surface area (Å²) in [7, 11) is 1.68. The number of likely N-dealkylation sites (N-methyl/N-ethyl adjacent to an activating group) is 1. The van der Waals surface area contributed by atoms with E-state index in [1.807, 2.05) is 0 Å². The molecule has 0 radical (unpaired) electrons. The third-order valence-corrected chi connectivity index (χ3v) is 3.42. The fourth-order valence-electron chi connectivity index (χ4n) is 2.45. The highest BCUT2D eigenvalue weighted by Gasteiger charge is 2.33. The van der Waals surface area contributed by atoms with Crippen molar-refractivity contribution in [2.75, 3.05) is 26.7 Å². The summed E-state index contributed by atoms with van der Waals surface area (Å²) in [4.78, 5) is 24.8. The first-order chi connectivity index (χ1) is 9.51. The molecular weight excluding hydrogens is 258 g/mol. The van der Waals surface area contributed by atoms with Gasteiger partial charge in [-0.1, -0.05) is 19.3 Å². The molecule has 1 aliphatic rings. The van der Waals surface area contributed by atoms with E-state index in [0.29, 0.717) is 19.4 Å². The van der Waals surface area contributed by atoms with Gasteiger partial charge in [-0.3, -0.25) is 14.5 Å². The molecule has 1 rings (SSSR count). The largest absolute Gasteiger partial charge is 0.465 e. The molecule has 0 aliphatic heterocycles. The second-order valence-electron chi connectivity index (χ2n) is 5.28. The molecule has 20 heavy (non-hydrogen) atoms. The van der Waals surface area contributed by atoms with Crippen LogP contribution in [0.2, 0.25) is 0 Å². The second kappa shape index (κ2) is 7.85. The van der Waals surface area contributed by atoms with E-state index in [1.165, 1.54) is 0 Å². The predicted octanol–water partition coefficient (Wildman–Crippen LogP) is 0.824. The lowest BCUT2D eigenvalue weighted by Crippen LogP contribution is -2.51. The highest BCUT2D eigenvalue weighted by molar-refractivity contribution is 5.80. The smallest absolute Gasteiger partial charge is 0.320 e. The summed E-state index contributed by atoms with van der Waals surface area (Å²) in [5, 5.41) is 12.1. The van der Waals surface area contributed by atoms with Crippen LogP contribution >= 0.6 is 0 Å². The molecule has 1 fully saturated rings. The van der Waals surface area contributed by atoms with Gasteiger partial charge in [0.1, 0.15) is 5.54 Å². The fraction of sp³-hybridized carbons (Fsp3) is 0.786. The normalized spacial score (nSPS) is 17.3. The Hall–Kier alpha value is -1.61. The van der Waals surface area contributed by atoms with Gasteiger partial charge in [0.2, 0.25) is 5.91 Å². The molecule has 0 aromatic rings. The van der Waals surface area contributed by atoms with Crippen LogP contribution in [0.15, 0.2) is 0 Å². The van der Waals surface area contributed by atoms with Crippen LogP contribution in [-0.2, 0) is 14.3 Å². The minimum Gasteiger partial charge on any atom is -0.465 e. The summed E-state index contributed by atoms with van der Waals surface area (Å²) in [6.07, 6.45) is 4.45. The maximum atomic E-state index is 12.0. The quantitative estimate of drug-likeness (QED) is 0.729. The minimum absolute atomic E-state index is 0.0703. The summed E-state index contributed by atoms with van der Waals surface area (Å²) in [5.41, 5.74) is -0.722. The van der Waals surface area contributed by atoms with Crippen LogP contribution in [0.4, 0.5) is 0 Å². The number of carbonyl (C=O) groups excluding carboxylic acids is 2. The number of carbonyl (C=O) groups is 2. The van der Waals surface area contributed by atoms with E-state index in [0.717, 1.165) is 19.3 Å². The molecule has 6 nitrogen and oxygen atoms in total. The molecule has 1 saturated carbocycles. The Morgan fingerprint density at radius 3 is 2.50 bits per heavy atom. The van der Waals surface area contributed by atoms with E-state index in [-0.39, 0.29) is 25.0 Å². The number of amides is 1. The molecule has 0 aromatic carbocycles. The van der Waals surface area contributed by atoms with Gasteiger partial charge in [0.15, 0.2) is 0 Å². The SMILES string of the molecule is CCOC(=O)CN(C)CC(=O)NC1(C#N)CCCCC1. The van der Waals surface area contributed by atoms with E-state index >= 15 is 0 Å². The molecule has 0 saturated heterocycles. The molecular formula is C14H23N3O3. The van der Waals surface area contributed by atoms with Crippen molar-refractivity contribution in [2.45, 2.75) is 44.6 Å². The van der Waals surface area contributed by atoms with Crippen LogP contribution < -0.4 is 5.32 Å². The van der Waals surface area contributed by atoms with Crippen molar-refractivity contribution in [3.8, 4) is 6.07 Å². The molecule has 1 aliphatic carbocycles. The number of esters is 1. The lowest BCUT2D eigenvalue weighted by atomic mass is 9.83. The van der Waals surface area contributed by atoms with Crippen LogP contribution in [0, 0.1) is 11.3 Å². The van der Waals surface area contributed by atoms with E-state index in [9.17, 15) is 14.9 Å². The van der Waals surface area contributed by atoms with Crippen molar-refractivity contribution in [1.29, 1.82) is 5.26 Å². The Labute approximate surface area is 120 Å². The Kier molecular flexibility index (Phi) is 6.46. The van der Waals surface area contributed by atoms with Crippen molar-refractivity contribution < 1.29 is 14.3 Å². The van der Waals surface area contributed by atoms with E-state index in [1.54, 1.807) is 18.9 Å². The van der Waals surface area contributed by atoms with Gasteiger partial charge >= 0.3 is 5.97 Å². The standard InChI is InChI=1S/C14H23N3O3/c1-3-20-13(19)10-17(2)9-12(18)16-14(11-15)7-5-4-6-8-14/h3-10H2,1-2H3,(H,16,18). The second-order valence-corrected chi connectivity index (χ2v) is 5.28. The van der Waals surface area contributed by atoms with E-state index in [2.05, 4.69) is 11.4 Å². The van der Waals surface area contributed by atoms with Gasteiger partial charge in [0.05, 0.1) is 25.8 Å². The predicted molar refractivity (Wildman–Crippen MR) is 73.7 cm³/mol. The molecule has 0 atom stereocenters. The number of nitrogens with one attached hydrogen (secondary N) is 1. The van der Waals surface area contributed by atoms with Crippen molar-refractivity contribution in [1.82, 2.24) is 10.2 Å². The molecule has 6 heteroatoms. The average molecular weight is 281 g/mol. The van der Waals surface area contributed by atoms with Gasteiger partial charge in [0, 0.05) is 0 Å². The highest BCUT2D eigenvalue weighted by atomic mass is 16.5. The maximum absolute atomic E-state index is 12.0. The number of rotatable bonds is 6. The lowest BCUT2D eigenvalue weighted by molar-refractivity contribution is -0.144. The Bertz CT molecular complexity index is 384. The lowest BCUT2D eigenvalue weighted by Gasteiger charge is -2.32. The van der Waals surface area contributed by atoms with E-state index in [4.69, 9.17) is 4.74 Å². The first kappa shape index (κ1) is 16.4. The number of ether oxygens (including phenoxy) is 1. The number of hydrogen-bond acceptors (Lipinski definition) is 5. The first-order valence-electron chi connectivity index (χ1n) is 7.08. The Balaban J connectivity index is 2.42. The maximum Gasteiger partial charge on any atom is 0.320 e. The van der Waals surface area contributed by atoms with Crippen LogP contribution in [-0.4, -0.2) is 49.1 Å². The summed E-state index contributed by atoms with van der Waals surface area (Å²) in [6.45, 7) is 2.23. The molecule has 0 bridgehead atoms. The van der Waals surface area contributed by atoms with Crippen LogP contribution in [0.5, 0.6) is 0 Å². The van der Waals surface area contributed by atoms with Crippen LogP contribution in [0.3, 0.4) is 0 Å². The highest BCUT2D eigenvalue weighted by Crippen LogP contribution is 2.27. The zero-order valence-electron chi connectivity index (χ0n) is 12.3. The molecule has 0 unspecified atom stereocenters.